The molecule has 1 aromatic carbocycles. The van der Waals surface area contributed by atoms with Crippen LogP contribution in [0.25, 0.3) is 11.0 Å². The molecule has 166 valence electrons. The SMILES string of the molecule is CNS(=O)(=O)c1cc(C(=O)N2CCN(S(=O)(=O)c3cccc4nsnc34)CC2)n(C)c1. The summed E-state index contributed by atoms with van der Waals surface area (Å²) in [6, 6.07) is 6.15. The van der Waals surface area contributed by atoms with E-state index in [1.165, 1.54) is 39.1 Å². The number of aromatic nitrogens is 3. The summed E-state index contributed by atoms with van der Waals surface area (Å²) in [6.07, 6.45) is 1.36. The van der Waals surface area contributed by atoms with Crippen molar-refractivity contribution in [3.8, 4) is 0 Å². The Bertz CT molecular complexity index is 1350. The second-order valence-electron chi connectivity index (χ2n) is 6.96. The van der Waals surface area contributed by atoms with Crippen molar-refractivity contribution in [3.63, 3.8) is 0 Å². The number of carbonyl (C=O) groups is 1. The Kier molecular flexibility index (Phi) is 5.59. The van der Waals surface area contributed by atoms with Crippen LogP contribution in [0.3, 0.4) is 0 Å². The van der Waals surface area contributed by atoms with Crippen molar-refractivity contribution in [2.24, 2.45) is 7.05 Å². The molecule has 1 aliphatic heterocycles. The minimum absolute atomic E-state index is 0.00738. The number of fused-ring (bicyclic) bond motifs is 1. The zero-order chi connectivity index (χ0) is 22.4. The smallest absolute Gasteiger partial charge is 0.270 e. The van der Waals surface area contributed by atoms with Crippen LogP contribution in [0, 0.1) is 0 Å². The summed E-state index contributed by atoms with van der Waals surface area (Å²) in [4.78, 5) is 14.5. The fraction of sp³-hybridized carbons (Fsp3) is 0.353. The second-order valence-corrected chi connectivity index (χ2v) is 11.3. The number of benzene rings is 1. The lowest BCUT2D eigenvalue weighted by molar-refractivity contribution is 0.0688. The van der Waals surface area contributed by atoms with Crippen molar-refractivity contribution in [3.05, 3.63) is 36.2 Å². The number of carbonyl (C=O) groups excluding carboxylic acids is 1. The molecular weight excluding hydrogens is 464 g/mol. The fourth-order valence-electron chi connectivity index (χ4n) is 3.43. The zero-order valence-electron chi connectivity index (χ0n) is 16.7. The quantitative estimate of drug-likeness (QED) is 0.542. The van der Waals surface area contributed by atoms with Crippen molar-refractivity contribution in [2.45, 2.75) is 9.79 Å². The summed E-state index contributed by atoms with van der Waals surface area (Å²) in [5.41, 5.74) is 1.08. The normalized spacial score (nSPS) is 16.1. The third-order valence-corrected chi connectivity index (χ3v) is 9.02. The fourth-order valence-corrected chi connectivity index (χ4v) is 6.41. The monoisotopic (exact) mass is 484 g/mol. The van der Waals surface area contributed by atoms with Crippen molar-refractivity contribution >= 4 is 48.7 Å². The molecule has 31 heavy (non-hydrogen) atoms. The Morgan fingerprint density at radius 2 is 1.81 bits per heavy atom. The average Bonchev–Trinajstić information content (AvgIpc) is 3.40. The predicted molar refractivity (Wildman–Crippen MR) is 114 cm³/mol. The predicted octanol–water partition coefficient (Wildman–Crippen LogP) is 0.0846. The number of piperazine rings is 1. The van der Waals surface area contributed by atoms with E-state index >= 15 is 0 Å². The van der Waals surface area contributed by atoms with Crippen LogP contribution in [-0.2, 0) is 27.1 Å². The number of hydrogen-bond acceptors (Lipinski definition) is 8. The molecule has 0 radical (unpaired) electrons. The number of aryl methyl sites for hydroxylation is 1. The number of amides is 1. The van der Waals surface area contributed by atoms with Crippen LogP contribution < -0.4 is 4.72 Å². The molecule has 0 unspecified atom stereocenters. The highest BCUT2D eigenvalue weighted by Crippen LogP contribution is 2.25. The van der Waals surface area contributed by atoms with Gasteiger partial charge in [-0.25, -0.2) is 21.6 Å². The first-order valence-corrected chi connectivity index (χ1v) is 12.9. The lowest BCUT2D eigenvalue weighted by Gasteiger charge is -2.34. The molecule has 14 heteroatoms. The lowest BCUT2D eigenvalue weighted by Crippen LogP contribution is -2.50. The summed E-state index contributed by atoms with van der Waals surface area (Å²) in [6.45, 7) is 0.605. The van der Waals surface area contributed by atoms with Crippen LogP contribution in [0.15, 0.2) is 40.3 Å². The summed E-state index contributed by atoms with van der Waals surface area (Å²) >= 11 is 0.953. The van der Waals surface area contributed by atoms with Gasteiger partial charge in [0.15, 0.2) is 0 Å². The molecule has 1 saturated heterocycles. The van der Waals surface area contributed by atoms with Gasteiger partial charge in [0.1, 0.15) is 26.5 Å². The van der Waals surface area contributed by atoms with E-state index in [0.717, 1.165) is 11.7 Å². The number of hydrogen-bond donors (Lipinski definition) is 1. The Balaban J connectivity index is 1.51. The zero-order valence-corrected chi connectivity index (χ0v) is 19.2. The summed E-state index contributed by atoms with van der Waals surface area (Å²) in [5.74, 6) is -0.358. The van der Waals surface area contributed by atoms with Crippen molar-refractivity contribution < 1.29 is 21.6 Å². The highest BCUT2D eigenvalue weighted by molar-refractivity contribution is 7.89. The van der Waals surface area contributed by atoms with Gasteiger partial charge in [-0.05, 0) is 25.2 Å². The minimum atomic E-state index is -3.79. The van der Waals surface area contributed by atoms with Gasteiger partial charge in [0.05, 0.1) is 11.7 Å². The maximum atomic E-state index is 13.1. The van der Waals surface area contributed by atoms with Gasteiger partial charge in [-0.3, -0.25) is 4.79 Å². The minimum Gasteiger partial charge on any atom is -0.345 e. The Morgan fingerprint density at radius 3 is 2.48 bits per heavy atom. The molecule has 1 N–H and O–H groups in total. The third kappa shape index (κ3) is 3.85. The molecule has 11 nitrogen and oxygen atoms in total. The van der Waals surface area contributed by atoms with E-state index in [9.17, 15) is 21.6 Å². The molecule has 0 saturated carbocycles. The lowest BCUT2D eigenvalue weighted by atomic mass is 10.3. The molecule has 0 spiro atoms. The van der Waals surface area contributed by atoms with Crippen LogP contribution in [0.2, 0.25) is 0 Å². The topological polar surface area (TPSA) is 135 Å². The Labute approximate surface area is 183 Å². The first kappa shape index (κ1) is 21.8. The maximum Gasteiger partial charge on any atom is 0.270 e. The van der Waals surface area contributed by atoms with Gasteiger partial charge >= 0.3 is 0 Å². The van der Waals surface area contributed by atoms with Crippen LogP contribution >= 0.6 is 11.7 Å². The van der Waals surface area contributed by atoms with E-state index in [-0.39, 0.29) is 47.6 Å². The van der Waals surface area contributed by atoms with Crippen LogP contribution in [-0.4, -0.2) is 78.5 Å². The molecule has 0 aliphatic carbocycles. The van der Waals surface area contributed by atoms with E-state index in [0.29, 0.717) is 11.0 Å². The third-order valence-electron chi connectivity index (χ3n) is 5.17. The van der Waals surface area contributed by atoms with Crippen LogP contribution in [0.1, 0.15) is 10.5 Å². The first-order valence-electron chi connectivity index (χ1n) is 9.26. The average molecular weight is 485 g/mol. The molecule has 1 aliphatic rings. The van der Waals surface area contributed by atoms with Gasteiger partial charge in [0, 0.05) is 39.4 Å². The van der Waals surface area contributed by atoms with E-state index in [4.69, 9.17) is 0 Å². The number of nitrogens with one attached hydrogen (secondary N) is 1. The van der Waals surface area contributed by atoms with Gasteiger partial charge in [-0.15, -0.1) is 0 Å². The molecule has 0 bridgehead atoms. The molecule has 2 aromatic heterocycles. The molecule has 4 rings (SSSR count). The highest BCUT2D eigenvalue weighted by atomic mass is 32.2. The van der Waals surface area contributed by atoms with Gasteiger partial charge in [-0.1, -0.05) is 6.07 Å². The molecule has 0 atom stereocenters. The maximum absolute atomic E-state index is 13.1. The van der Waals surface area contributed by atoms with Gasteiger partial charge in [0.2, 0.25) is 20.0 Å². The van der Waals surface area contributed by atoms with Crippen LogP contribution in [0.4, 0.5) is 0 Å². The Hall–Kier alpha value is -2.39. The molecule has 3 aromatic rings. The van der Waals surface area contributed by atoms with Crippen molar-refractivity contribution in [1.82, 2.24) is 27.2 Å². The van der Waals surface area contributed by atoms with Gasteiger partial charge < -0.3 is 9.47 Å². The van der Waals surface area contributed by atoms with Crippen LogP contribution in [0.5, 0.6) is 0 Å². The highest BCUT2D eigenvalue weighted by Gasteiger charge is 2.33. The number of sulfonamides is 2. The van der Waals surface area contributed by atoms with E-state index in [2.05, 4.69) is 13.5 Å². The van der Waals surface area contributed by atoms with Crippen molar-refractivity contribution in [2.75, 3.05) is 33.2 Å². The summed E-state index contributed by atoms with van der Waals surface area (Å²) < 4.78 is 63.4. The standard InChI is InChI=1S/C17H20N6O5S3/c1-18-30(25,26)12-10-14(21(2)11-12)17(24)22-6-8-23(9-7-22)31(27,28)15-5-3-4-13-16(15)20-29-19-13/h3-5,10-11,18H,6-9H2,1-2H3. The number of nitrogens with zero attached hydrogens (tertiary/aromatic N) is 5. The Morgan fingerprint density at radius 1 is 1.10 bits per heavy atom. The molecule has 1 fully saturated rings. The number of rotatable bonds is 5. The summed E-state index contributed by atoms with van der Waals surface area (Å²) in [7, 11) is -4.58. The van der Waals surface area contributed by atoms with E-state index < -0.39 is 20.0 Å². The molecular formula is C17H20N6O5S3. The largest absolute Gasteiger partial charge is 0.345 e. The van der Waals surface area contributed by atoms with Crippen molar-refractivity contribution in [1.29, 1.82) is 0 Å². The first-order chi connectivity index (χ1) is 14.6. The van der Waals surface area contributed by atoms with E-state index in [1.54, 1.807) is 19.2 Å². The molecule has 1 amide bonds. The molecule has 3 heterocycles. The summed E-state index contributed by atoms with van der Waals surface area (Å²) in [5, 5.41) is 0. The van der Waals surface area contributed by atoms with Gasteiger partial charge in [-0.2, -0.15) is 13.1 Å². The van der Waals surface area contributed by atoms with E-state index in [1.807, 2.05) is 0 Å². The van der Waals surface area contributed by atoms with Gasteiger partial charge in [0.25, 0.3) is 5.91 Å². The second kappa shape index (κ2) is 7.94.